The number of amides is 1. The Balaban J connectivity index is 1.77. The Morgan fingerprint density at radius 1 is 1.09 bits per heavy atom. The van der Waals surface area contributed by atoms with Gasteiger partial charge in [0.1, 0.15) is 17.2 Å². The van der Waals surface area contributed by atoms with Crippen LogP contribution in [-0.4, -0.2) is 17.5 Å². The number of carbonyl (C=O) groups excluding carboxylic acids is 1. The number of aromatic nitrogens is 1. The topological polar surface area (TPSA) is 72.6 Å². The average Bonchev–Trinajstić information content (AvgIpc) is 3.08. The van der Waals surface area contributed by atoms with Gasteiger partial charge in [0, 0.05) is 10.7 Å². The van der Waals surface area contributed by atoms with Crippen LogP contribution in [0.1, 0.15) is 40.3 Å². The molecule has 2 aromatic heterocycles. The van der Waals surface area contributed by atoms with Gasteiger partial charge in [-0.3, -0.25) is 14.5 Å². The van der Waals surface area contributed by atoms with Gasteiger partial charge < -0.3 is 9.15 Å². The van der Waals surface area contributed by atoms with Gasteiger partial charge in [0.25, 0.3) is 5.91 Å². The van der Waals surface area contributed by atoms with Gasteiger partial charge in [-0.25, -0.2) is 4.98 Å². The van der Waals surface area contributed by atoms with Crippen molar-refractivity contribution in [3.8, 4) is 5.75 Å². The molecule has 1 atom stereocenters. The minimum absolute atomic E-state index is 0.0204. The highest BCUT2D eigenvalue weighted by molar-refractivity contribution is 6.31. The van der Waals surface area contributed by atoms with E-state index in [2.05, 4.69) is 4.98 Å². The molecule has 0 spiro atoms. The van der Waals surface area contributed by atoms with E-state index >= 15 is 0 Å². The highest BCUT2D eigenvalue weighted by Crippen LogP contribution is 2.41. The van der Waals surface area contributed by atoms with Crippen molar-refractivity contribution in [2.75, 3.05) is 11.5 Å². The minimum atomic E-state index is -0.692. The van der Waals surface area contributed by atoms with Gasteiger partial charge in [-0.1, -0.05) is 29.8 Å². The molecule has 4 aromatic rings. The molecule has 160 valence electrons. The zero-order valence-electron chi connectivity index (χ0n) is 17.5. The summed E-state index contributed by atoms with van der Waals surface area (Å²) in [5.74, 6) is 0.762. The summed E-state index contributed by atoms with van der Waals surface area (Å²) >= 11 is 6.13. The molecule has 0 aliphatic carbocycles. The largest absolute Gasteiger partial charge is 0.494 e. The maximum absolute atomic E-state index is 13.6. The Bertz CT molecular complexity index is 1410. The van der Waals surface area contributed by atoms with Crippen LogP contribution in [0.4, 0.5) is 5.82 Å². The van der Waals surface area contributed by atoms with Crippen LogP contribution < -0.4 is 15.1 Å². The van der Waals surface area contributed by atoms with Gasteiger partial charge in [0.05, 0.1) is 23.6 Å². The number of anilines is 1. The molecule has 1 amide bonds. The Morgan fingerprint density at radius 2 is 1.88 bits per heavy atom. The first kappa shape index (κ1) is 20.3. The molecule has 32 heavy (non-hydrogen) atoms. The van der Waals surface area contributed by atoms with Crippen LogP contribution in [0.15, 0.2) is 69.9 Å². The molecule has 1 unspecified atom stereocenters. The standard InChI is InChI=1S/C25H19ClN2O4/c1-3-31-17-10-7-15(8-11-17)22-21-23(29)18-13-16(26)9-12-19(18)32-24(21)25(30)28(22)20-6-4-5-14(2)27-20/h4-13,22H,3H2,1-2H3. The number of benzene rings is 2. The SMILES string of the molecule is CCOc1ccc(C2c3c(oc4ccc(Cl)cc4c3=O)C(=O)N2c2cccc(C)n2)cc1. The van der Waals surface area contributed by atoms with Crippen LogP contribution in [0, 0.1) is 6.92 Å². The highest BCUT2D eigenvalue weighted by atomic mass is 35.5. The van der Waals surface area contributed by atoms with Gasteiger partial charge in [-0.15, -0.1) is 0 Å². The predicted octanol–water partition coefficient (Wildman–Crippen LogP) is 5.30. The lowest BCUT2D eigenvalue weighted by atomic mass is 9.98. The quantitative estimate of drug-likeness (QED) is 0.425. The first-order chi connectivity index (χ1) is 15.5. The molecule has 5 rings (SSSR count). The summed E-state index contributed by atoms with van der Waals surface area (Å²) in [7, 11) is 0. The number of halogens is 1. The first-order valence-electron chi connectivity index (χ1n) is 10.2. The van der Waals surface area contributed by atoms with Crippen molar-refractivity contribution in [1.82, 2.24) is 4.98 Å². The monoisotopic (exact) mass is 446 g/mol. The summed E-state index contributed by atoms with van der Waals surface area (Å²) in [6.45, 7) is 4.30. The van der Waals surface area contributed by atoms with Gasteiger partial charge in [0.15, 0.2) is 5.43 Å². The zero-order chi connectivity index (χ0) is 22.4. The lowest BCUT2D eigenvalue weighted by molar-refractivity contribution is 0.0970. The Morgan fingerprint density at radius 3 is 2.59 bits per heavy atom. The third kappa shape index (κ3) is 3.24. The van der Waals surface area contributed by atoms with Gasteiger partial charge >= 0.3 is 0 Å². The van der Waals surface area contributed by atoms with Gasteiger partial charge in [-0.05, 0) is 61.9 Å². The molecule has 0 radical (unpaired) electrons. The lowest BCUT2D eigenvalue weighted by Crippen LogP contribution is -2.30. The second kappa shape index (κ2) is 7.80. The number of fused-ring (bicyclic) bond motifs is 2. The van der Waals surface area contributed by atoms with Crippen molar-refractivity contribution in [2.24, 2.45) is 0 Å². The fourth-order valence-corrected chi connectivity index (χ4v) is 4.24. The third-order valence-corrected chi connectivity index (χ3v) is 5.69. The molecule has 0 bridgehead atoms. The van der Waals surface area contributed by atoms with E-state index in [1.165, 1.54) is 4.90 Å². The summed E-state index contributed by atoms with van der Waals surface area (Å²) in [5, 5.41) is 0.753. The highest BCUT2D eigenvalue weighted by Gasteiger charge is 2.44. The molecule has 0 N–H and O–H groups in total. The maximum Gasteiger partial charge on any atom is 0.296 e. The maximum atomic E-state index is 13.6. The zero-order valence-corrected chi connectivity index (χ0v) is 18.2. The molecule has 1 aliphatic rings. The molecule has 2 aromatic carbocycles. The fourth-order valence-electron chi connectivity index (χ4n) is 4.07. The smallest absolute Gasteiger partial charge is 0.296 e. The van der Waals surface area contributed by atoms with Crippen molar-refractivity contribution in [1.29, 1.82) is 0 Å². The number of hydrogen-bond acceptors (Lipinski definition) is 5. The number of hydrogen-bond donors (Lipinski definition) is 0. The normalized spacial score (nSPS) is 15.3. The van der Waals surface area contributed by atoms with Crippen molar-refractivity contribution in [3.05, 3.63) is 98.5 Å². The fraction of sp³-hybridized carbons (Fsp3) is 0.160. The van der Waals surface area contributed by atoms with E-state index in [-0.39, 0.29) is 16.8 Å². The summed E-state index contributed by atoms with van der Waals surface area (Å²) in [4.78, 5) is 33.2. The first-order valence-corrected chi connectivity index (χ1v) is 10.6. The molecule has 6 nitrogen and oxygen atoms in total. The van der Waals surface area contributed by atoms with Crippen LogP contribution in [0.3, 0.4) is 0 Å². The summed E-state index contributed by atoms with van der Waals surface area (Å²) < 4.78 is 11.5. The van der Waals surface area contributed by atoms with Crippen LogP contribution in [0.5, 0.6) is 5.75 Å². The number of aryl methyl sites for hydroxylation is 1. The van der Waals surface area contributed by atoms with Crippen molar-refractivity contribution >= 4 is 34.3 Å². The molecule has 0 fully saturated rings. The third-order valence-electron chi connectivity index (χ3n) is 5.46. The van der Waals surface area contributed by atoms with E-state index in [0.29, 0.717) is 34.2 Å². The van der Waals surface area contributed by atoms with E-state index in [9.17, 15) is 9.59 Å². The summed E-state index contributed by atoms with van der Waals surface area (Å²) in [6, 6.07) is 16.9. The van der Waals surface area contributed by atoms with Crippen molar-refractivity contribution < 1.29 is 13.9 Å². The molecular weight excluding hydrogens is 428 g/mol. The van der Waals surface area contributed by atoms with Gasteiger partial charge in [0.2, 0.25) is 5.76 Å². The van der Waals surface area contributed by atoms with E-state index in [1.807, 2.05) is 50.2 Å². The molecule has 7 heteroatoms. The number of ether oxygens (including phenoxy) is 1. The molecular formula is C25H19ClN2O4. The lowest BCUT2D eigenvalue weighted by Gasteiger charge is -2.24. The Kier molecular flexibility index (Phi) is 4.94. The van der Waals surface area contributed by atoms with Crippen molar-refractivity contribution in [2.45, 2.75) is 19.9 Å². The van der Waals surface area contributed by atoms with E-state index in [4.69, 9.17) is 20.8 Å². The van der Waals surface area contributed by atoms with Crippen LogP contribution >= 0.6 is 11.6 Å². The van der Waals surface area contributed by atoms with Crippen LogP contribution in [-0.2, 0) is 0 Å². The van der Waals surface area contributed by atoms with Crippen LogP contribution in [0.2, 0.25) is 5.02 Å². The van der Waals surface area contributed by atoms with E-state index < -0.39 is 11.9 Å². The summed E-state index contributed by atoms with van der Waals surface area (Å²) in [6.07, 6.45) is 0. The summed E-state index contributed by atoms with van der Waals surface area (Å²) in [5.41, 5.74) is 1.81. The Labute approximate surface area is 189 Å². The number of nitrogens with zero attached hydrogens (tertiary/aromatic N) is 2. The molecule has 0 saturated carbocycles. The predicted molar refractivity (Wildman–Crippen MR) is 123 cm³/mol. The number of pyridine rings is 1. The van der Waals surface area contributed by atoms with E-state index in [0.717, 1.165) is 11.3 Å². The second-order valence-electron chi connectivity index (χ2n) is 7.53. The minimum Gasteiger partial charge on any atom is -0.494 e. The van der Waals surface area contributed by atoms with Crippen LogP contribution in [0.25, 0.3) is 11.0 Å². The molecule has 3 heterocycles. The second-order valence-corrected chi connectivity index (χ2v) is 7.97. The van der Waals surface area contributed by atoms with E-state index in [1.54, 1.807) is 24.3 Å². The van der Waals surface area contributed by atoms with Crippen molar-refractivity contribution in [3.63, 3.8) is 0 Å². The van der Waals surface area contributed by atoms with Gasteiger partial charge in [-0.2, -0.15) is 0 Å². The molecule has 0 saturated heterocycles. The molecule has 1 aliphatic heterocycles. The number of rotatable bonds is 4. The number of carbonyl (C=O) groups is 1. The Hall–Kier alpha value is -3.64. The average molecular weight is 447 g/mol.